The second-order valence-electron chi connectivity index (χ2n) is 2.32. The predicted octanol–water partition coefficient (Wildman–Crippen LogP) is 0.643. The van der Waals surface area contributed by atoms with E-state index >= 15 is 0 Å². The van der Waals surface area contributed by atoms with Crippen LogP contribution in [0.4, 0.5) is 0 Å². The third-order valence-corrected chi connectivity index (χ3v) is 1.35. The molecule has 0 aliphatic carbocycles. The summed E-state index contributed by atoms with van der Waals surface area (Å²) in [6.45, 7) is 0.728. The van der Waals surface area contributed by atoms with Crippen LogP contribution in [0.15, 0.2) is 0 Å². The Morgan fingerprint density at radius 3 is 2.50 bits per heavy atom. The van der Waals surface area contributed by atoms with E-state index in [0.29, 0.717) is 0 Å². The zero-order valence-electron chi connectivity index (χ0n) is 6.16. The van der Waals surface area contributed by atoms with Crippen molar-refractivity contribution < 1.29 is 0 Å². The third-order valence-electron chi connectivity index (χ3n) is 1.35. The molecule has 0 bridgehead atoms. The zero-order valence-corrected chi connectivity index (χ0v) is 6.16. The van der Waals surface area contributed by atoms with Gasteiger partial charge >= 0.3 is 6.17 Å². The Labute approximate surface area is 61.2 Å². The lowest BCUT2D eigenvalue weighted by atomic mass is 10.2. The van der Waals surface area contributed by atoms with Gasteiger partial charge in [-0.05, 0) is 19.4 Å². The number of nitrogens with zero attached hydrogens (tertiary/aromatic N) is 2. The van der Waals surface area contributed by atoms with Gasteiger partial charge in [-0.1, -0.05) is 6.42 Å². The first-order valence-corrected chi connectivity index (χ1v) is 3.61. The Kier molecular flexibility index (Phi) is 6.03. The maximum absolute atomic E-state index is 8.17. The molecule has 0 aliphatic rings. The Balaban J connectivity index is 2.98. The molecule has 1 atom stereocenters. The van der Waals surface area contributed by atoms with Crippen molar-refractivity contribution in [2.24, 2.45) is 11.5 Å². The average Bonchev–Trinajstić information content (AvgIpc) is 1.98. The standard InChI is InChI=1S/C6H15N4/c7-5-3-1-2-4-6(8)10-9/h6H,1-5,7-8H2/q+1. The van der Waals surface area contributed by atoms with E-state index in [1.54, 1.807) is 0 Å². The summed E-state index contributed by atoms with van der Waals surface area (Å²) in [6, 6.07) is 0. The van der Waals surface area contributed by atoms with Crippen molar-refractivity contribution >= 4 is 0 Å². The van der Waals surface area contributed by atoms with Crippen LogP contribution in [0.25, 0.3) is 4.98 Å². The van der Waals surface area contributed by atoms with Gasteiger partial charge in [-0.3, -0.25) is 5.73 Å². The van der Waals surface area contributed by atoms with Gasteiger partial charge in [0, 0.05) is 6.42 Å². The van der Waals surface area contributed by atoms with Crippen LogP contribution in [0, 0.1) is 5.39 Å². The van der Waals surface area contributed by atoms with Gasteiger partial charge in [0.15, 0.2) is 0 Å². The second kappa shape index (κ2) is 6.46. The van der Waals surface area contributed by atoms with Gasteiger partial charge in [0.2, 0.25) is 5.39 Å². The van der Waals surface area contributed by atoms with E-state index in [1.807, 2.05) is 0 Å². The van der Waals surface area contributed by atoms with Gasteiger partial charge in [0.1, 0.15) is 4.98 Å². The molecule has 0 saturated heterocycles. The van der Waals surface area contributed by atoms with Gasteiger partial charge in [-0.25, -0.2) is 0 Å². The summed E-state index contributed by atoms with van der Waals surface area (Å²) in [4.78, 5) is 2.93. The van der Waals surface area contributed by atoms with Crippen LogP contribution in [-0.4, -0.2) is 12.7 Å². The summed E-state index contributed by atoms with van der Waals surface area (Å²) >= 11 is 0. The van der Waals surface area contributed by atoms with Gasteiger partial charge < -0.3 is 5.73 Å². The summed E-state index contributed by atoms with van der Waals surface area (Å²) < 4.78 is 0. The van der Waals surface area contributed by atoms with Crippen LogP contribution in [0.3, 0.4) is 0 Å². The highest BCUT2D eigenvalue weighted by atomic mass is 15.0. The van der Waals surface area contributed by atoms with Crippen LogP contribution in [0.5, 0.6) is 0 Å². The second-order valence-corrected chi connectivity index (χ2v) is 2.32. The molecule has 0 saturated carbocycles. The van der Waals surface area contributed by atoms with E-state index in [2.05, 4.69) is 4.98 Å². The first-order chi connectivity index (χ1) is 4.81. The van der Waals surface area contributed by atoms with Crippen LogP contribution in [0.1, 0.15) is 25.7 Å². The molecule has 4 N–H and O–H groups in total. The van der Waals surface area contributed by atoms with E-state index < -0.39 is 6.17 Å². The summed E-state index contributed by atoms with van der Waals surface area (Å²) in [5.74, 6) is 0. The molecule has 58 valence electrons. The van der Waals surface area contributed by atoms with Crippen LogP contribution >= 0.6 is 0 Å². The fraction of sp³-hybridized carbons (Fsp3) is 1.00. The summed E-state index contributed by atoms with van der Waals surface area (Å²) in [6.07, 6.45) is 3.43. The Hall–Kier alpha value is -0.660. The maximum Gasteiger partial charge on any atom is 0.366 e. The summed E-state index contributed by atoms with van der Waals surface area (Å²) in [5, 5.41) is 8.17. The average molecular weight is 143 g/mol. The fourth-order valence-electron chi connectivity index (χ4n) is 0.732. The Morgan fingerprint density at radius 2 is 2.00 bits per heavy atom. The molecule has 10 heavy (non-hydrogen) atoms. The normalized spacial score (nSPS) is 12.5. The predicted molar refractivity (Wildman–Crippen MR) is 40.6 cm³/mol. The first kappa shape index (κ1) is 9.34. The van der Waals surface area contributed by atoms with Gasteiger partial charge in [0.25, 0.3) is 0 Å². The number of hydrogen-bond donors (Lipinski definition) is 2. The van der Waals surface area contributed by atoms with Crippen molar-refractivity contribution in [2.75, 3.05) is 6.54 Å². The maximum atomic E-state index is 8.17. The molecule has 0 amide bonds. The molecule has 0 radical (unpaired) electrons. The molecule has 0 fully saturated rings. The van der Waals surface area contributed by atoms with Crippen molar-refractivity contribution in [2.45, 2.75) is 31.8 Å². The van der Waals surface area contributed by atoms with E-state index in [0.717, 1.165) is 32.2 Å². The summed E-state index contributed by atoms with van der Waals surface area (Å²) in [7, 11) is 0. The van der Waals surface area contributed by atoms with Crippen molar-refractivity contribution in [3.05, 3.63) is 4.98 Å². The highest BCUT2D eigenvalue weighted by Gasteiger charge is 2.09. The van der Waals surface area contributed by atoms with Crippen molar-refractivity contribution in [3.8, 4) is 0 Å². The molecule has 0 heterocycles. The molecule has 0 aromatic heterocycles. The first-order valence-electron chi connectivity index (χ1n) is 3.61. The number of nitrogens with two attached hydrogens (primary N) is 2. The van der Waals surface area contributed by atoms with E-state index in [9.17, 15) is 0 Å². The molecule has 4 nitrogen and oxygen atoms in total. The van der Waals surface area contributed by atoms with Gasteiger partial charge in [-0.15, -0.1) is 0 Å². The lowest BCUT2D eigenvalue weighted by Gasteiger charge is -1.93. The minimum atomic E-state index is -0.405. The highest BCUT2D eigenvalue weighted by Crippen LogP contribution is 2.01. The molecule has 0 spiro atoms. The monoisotopic (exact) mass is 143 g/mol. The van der Waals surface area contributed by atoms with Crippen molar-refractivity contribution in [1.29, 1.82) is 5.39 Å². The van der Waals surface area contributed by atoms with E-state index in [-0.39, 0.29) is 0 Å². The van der Waals surface area contributed by atoms with Crippen molar-refractivity contribution in [3.63, 3.8) is 0 Å². The molecule has 0 rings (SSSR count). The SMILES string of the molecule is N#[N+]C(N)CCCCCN. The van der Waals surface area contributed by atoms with Crippen LogP contribution in [-0.2, 0) is 0 Å². The van der Waals surface area contributed by atoms with Crippen LogP contribution in [0.2, 0.25) is 0 Å². The largest absolute Gasteiger partial charge is 0.366 e. The number of rotatable bonds is 5. The van der Waals surface area contributed by atoms with Crippen molar-refractivity contribution in [1.82, 2.24) is 0 Å². The quantitative estimate of drug-likeness (QED) is 0.438. The Morgan fingerprint density at radius 1 is 1.30 bits per heavy atom. The molecular formula is C6H15N4+. The minimum Gasteiger partial charge on any atom is -0.330 e. The third kappa shape index (κ3) is 5.48. The molecule has 1 unspecified atom stereocenters. The van der Waals surface area contributed by atoms with Crippen LogP contribution < -0.4 is 11.5 Å². The topological polar surface area (TPSA) is 80.2 Å². The number of hydrogen-bond acceptors (Lipinski definition) is 3. The zero-order chi connectivity index (χ0) is 7.82. The summed E-state index contributed by atoms with van der Waals surface area (Å²) in [5.41, 5.74) is 10.6. The molecule has 0 aliphatic heterocycles. The number of diazo groups is 1. The molecule has 4 heteroatoms. The lowest BCUT2D eigenvalue weighted by Crippen LogP contribution is -2.14. The molecule has 0 aromatic rings. The molecule has 0 aromatic carbocycles. The fourth-order valence-corrected chi connectivity index (χ4v) is 0.732. The smallest absolute Gasteiger partial charge is 0.330 e. The highest BCUT2D eigenvalue weighted by molar-refractivity contribution is 4.67. The van der Waals surface area contributed by atoms with Gasteiger partial charge in [0.05, 0.1) is 0 Å². The van der Waals surface area contributed by atoms with Gasteiger partial charge in [-0.2, -0.15) is 0 Å². The van der Waals surface area contributed by atoms with E-state index in [1.165, 1.54) is 0 Å². The minimum absolute atomic E-state index is 0.405. The Bertz CT molecular complexity index is 107. The number of unbranched alkanes of at least 4 members (excludes halogenated alkanes) is 2. The molecular weight excluding hydrogens is 128 g/mol. The lowest BCUT2D eigenvalue weighted by molar-refractivity contribution is 0.604. The van der Waals surface area contributed by atoms with E-state index in [4.69, 9.17) is 16.9 Å².